The Kier molecular flexibility index (Phi) is 5.91. The molecule has 0 bridgehead atoms. The van der Waals surface area contributed by atoms with Crippen LogP contribution in [0.1, 0.15) is 41.5 Å². The van der Waals surface area contributed by atoms with Crippen LogP contribution in [0.4, 0.5) is 29.7 Å². The van der Waals surface area contributed by atoms with Crippen LogP contribution in [-0.4, -0.2) is 28.3 Å². The molecule has 0 atom stereocenters. The molecular weight excluding hydrogens is 354 g/mol. The molecule has 0 N–H and O–H groups in total. The number of hydrogen-bond acceptors (Lipinski definition) is 6. The molecule has 10 heteroatoms. The maximum Gasteiger partial charge on any atom is 0.424 e. The lowest BCUT2D eigenvalue weighted by Crippen LogP contribution is -2.44. The molecule has 26 heavy (non-hydrogen) atoms. The summed E-state index contributed by atoms with van der Waals surface area (Å²) < 4.78 is 37.9. The van der Waals surface area contributed by atoms with Crippen molar-refractivity contribution in [2.24, 2.45) is 0 Å². The summed E-state index contributed by atoms with van der Waals surface area (Å²) >= 11 is 0. The summed E-state index contributed by atoms with van der Waals surface area (Å²) in [5, 5.41) is 10.7. The second-order valence-corrected chi connectivity index (χ2v) is 7.31. The number of benzene rings is 1. The van der Waals surface area contributed by atoms with Gasteiger partial charge in [0.05, 0.1) is 10.6 Å². The SMILES string of the molecule is CC(C)(C)OC(=O)N(C(=O)OC(C)(C)C)c1cc(F)c([N+](=O)[O-])c(F)c1. The lowest BCUT2D eigenvalue weighted by Gasteiger charge is -2.28. The lowest BCUT2D eigenvalue weighted by molar-refractivity contribution is -0.390. The number of carbonyl (C=O) groups is 2. The van der Waals surface area contributed by atoms with E-state index in [-0.39, 0.29) is 4.90 Å². The van der Waals surface area contributed by atoms with Gasteiger partial charge in [0.15, 0.2) is 0 Å². The second-order valence-electron chi connectivity index (χ2n) is 7.31. The van der Waals surface area contributed by atoms with Gasteiger partial charge in [0.1, 0.15) is 11.2 Å². The van der Waals surface area contributed by atoms with Crippen LogP contribution in [-0.2, 0) is 9.47 Å². The van der Waals surface area contributed by atoms with Gasteiger partial charge in [-0.1, -0.05) is 0 Å². The first-order chi connectivity index (χ1) is 11.6. The van der Waals surface area contributed by atoms with Gasteiger partial charge < -0.3 is 9.47 Å². The number of nitrogens with zero attached hydrogens (tertiary/aromatic N) is 2. The highest BCUT2D eigenvalue weighted by Gasteiger charge is 2.35. The third-order valence-electron chi connectivity index (χ3n) is 2.59. The van der Waals surface area contributed by atoms with Crippen LogP contribution in [0, 0.1) is 21.7 Å². The largest absolute Gasteiger partial charge is 0.443 e. The van der Waals surface area contributed by atoms with Crippen molar-refractivity contribution in [1.82, 2.24) is 0 Å². The molecule has 144 valence electrons. The number of rotatable bonds is 2. The molecule has 0 saturated carbocycles. The fourth-order valence-corrected chi connectivity index (χ4v) is 1.76. The van der Waals surface area contributed by atoms with Gasteiger partial charge in [-0.05, 0) is 41.5 Å². The van der Waals surface area contributed by atoms with Crippen molar-refractivity contribution in [3.05, 3.63) is 33.9 Å². The summed E-state index contributed by atoms with van der Waals surface area (Å²) in [6.45, 7) is 9.14. The monoisotopic (exact) mass is 374 g/mol. The summed E-state index contributed by atoms with van der Waals surface area (Å²) in [4.78, 5) is 34.4. The van der Waals surface area contributed by atoms with Crippen LogP contribution in [0.5, 0.6) is 0 Å². The van der Waals surface area contributed by atoms with Gasteiger partial charge >= 0.3 is 17.9 Å². The van der Waals surface area contributed by atoms with E-state index in [9.17, 15) is 28.5 Å². The zero-order valence-electron chi connectivity index (χ0n) is 15.3. The predicted molar refractivity (Wildman–Crippen MR) is 88.0 cm³/mol. The Morgan fingerprint density at radius 2 is 1.31 bits per heavy atom. The number of anilines is 1. The summed E-state index contributed by atoms with van der Waals surface area (Å²) in [5.41, 5.74) is -4.04. The van der Waals surface area contributed by atoms with Crippen LogP contribution in [0.3, 0.4) is 0 Å². The second kappa shape index (κ2) is 7.22. The third-order valence-corrected chi connectivity index (χ3v) is 2.59. The molecule has 0 saturated heterocycles. The minimum absolute atomic E-state index is 0.270. The van der Waals surface area contributed by atoms with Gasteiger partial charge in [0, 0.05) is 12.1 Å². The van der Waals surface area contributed by atoms with Crippen molar-refractivity contribution in [3.63, 3.8) is 0 Å². The van der Waals surface area contributed by atoms with Crippen LogP contribution in [0.25, 0.3) is 0 Å². The number of amides is 2. The Balaban J connectivity index is 3.43. The highest BCUT2D eigenvalue weighted by atomic mass is 19.1. The Morgan fingerprint density at radius 1 is 0.962 bits per heavy atom. The number of hydrogen-bond donors (Lipinski definition) is 0. The molecule has 0 fully saturated rings. The summed E-state index contributed by atoms with van der Waals surface area (Å²) in [6, 6.07) is 0.962. The number of nitro benzene ring substituents is 1. The Bertz CT molecular complexity index is 686. The minimum atomic E-state index is -1.55. The molecule has 1 aromatic carbocycles. The summed E-state index contributed by atoms with van der Waals surface area (Å²) in [6.07, 6.45) is -2.50. The first-order valence-corrected chi connectivity index (χ1v) is 7.52. The first-order valence-electron chi connectivity index (χ1n) is 7.52. The highest BCUT2D eigenvalue weighted by molar-refractivity contribution is 6.09. The molecular formula is C16H20F2N2O6. The lowest BCUT2D eigenvalue weighted by atomic mass is 10.2. The van der Waals surface area contributed by atoms with E-state index in [1.807, 2.05) is 0 Å². The van der Waals surface area contributed by atoms with Gasteiger partial charge in [-0.2, -0.15) is 13.7 Å². The normalized spacial score (nSPS) is 11.7. The van der Waals surface area contributed by atoms with E-state index in [1.54, 1.807) is 0 Å². The summed E-state index contributed by atoms with van der Waals surface area (Å²) in [7, 11) is 0. The number of ether oxygens (including phenoxy) is 2. The van der Waals surface area contributed by atoms with Gasteiger partial charge in [-0.3, -0.25) is 10.1 Å². The predicted octanol–water partition coefficient (Wildman–Crippen LogP) is 4.55. The van der Waals surface area contributed by atoms with Gasteiger partial charge in [-0.25, -0.2) is 9.59 Å². The first kappa shape index (κ1) is 21.3. The van der Waals surface area contributed by atoms with E-state index in [1.165, 1.54) is 41.5 Å². The van der Waals surface area contributed by atoms with Crippen molar-refractivity contribution >= 4 is 23.6 Å². The molecule has 0 radical (unpaired) electrons. The van der Waals surface area contributed by atoms with Crippen molar-refractivity contribution in [1.29, 1.82) is 0 Å². The summed E-state index contributed by atoms with van der Waals surface area (Å²) in [5.74, 6) is -3.11. The molecule has 0 aromatic heterocycles. The number of halogens is 2. The molecule has 8 nitrogen and oxygen atoms in total. The number of carbonyl (C=O) groups excluding carboxylic acids is 2. The number of nitro groups is 1. The Labute approximate surface area is 148 Å². The van der Waals surface area contributed by atoms with Crippen LogP contribution in [0.2, 0.25) is 0 Å². The average Bonchev–Trinajstić information content (AvgIpc) is 2.32. The van der Waals surface area contributed by atoms with E-state index < -0.39 is 51.3 Å². The maximum atomic E-state index is 13.9. The van der Waals surface area contributed by atoms with E-state index in [2.05, 4.69) is 0 Å². The number of imide groups is 1. The van der Waals surface area contributed by atoms with Crippen molar-refractivity contribution in [2.75, 3.05) is 4.90 Å². The van der Waals surface area contributed by atoms with Crippen LogP contribution in [0.15, 0.2) is 12.1 Å². The molecule has 0 unspecified atom stereocenters. The average molecular weight is 374 g/mol. The maximum absolute atomic E-state index is 13.9. The third kappa shape index (κ3) is 5.64. The standard InChI is InChI=1S/C16H20F2N2O6/c1-15(2,3)25-13(21)19(14(22)26-16(4,5)6)9-7-10(17)12(20(23)24)11(18)8-9/h7-8H,1-6H3. The zero-order chi connectivity index (χ0) is 20.4. The van der Waals surface area contributed by atoms with E-state index >= 15 is 0 Å². The zero-order valence-corrected chi connectivity index (χ0v) is 15.3. The topological polar surface area (TPSA) is 99.0 Å². The van der Waals surface area contributed by atoms with Crippen LogP contribution < -0.4 is 4.90 Å². The van der Waals surface area contributed by atoms with Crippen molar-refractivity contribution in [2.45, 2.75) is 52.7 Å². The Morgan fingerprint density at radius 3 is 1.58 bits per heavy atom. The van der Waals surface area contributed by atoms with Gasteiger partial charge in [0.25, 0.3) is 0 Å². The van der Waals surface area contributed by atoms with Crippen molar-refractivity contribution < 1.29 is 32.8 Å². The molecule has 0 aliphatic heterocycles. The molecule has 0 aliphatic carbocycles. The van der Waals surface area contributed by atoms with Crippen LogP contribution >= 0.6 is 0 Å². The van der Waals surface area contributed by atoms with E-state index in [0.29, 0.717) is 12.1 Å². The Hall–Kier alpha value is -2.78. The van der Waals surface area contributed by atoms with Gasteiger partial charge in [0.2, 0.25) is 11.6 Å². The molecule has 2 amide bonds. The molecule has 0 aliphatic rings. The molecule has 1 rings (SSSR count). The molecule has 0 heterocycles. The fraction of sp³-hybridized carbons (Fsp3) is 0.500. The molecule has 0 spiro atoms. The van der Waals surface area contributed by atoms with Gasteiger partial charge in [-0.15, -0.1) is 0 Å². The van der Waals surface area contributed by atoms with E-state index in [0.717, 1.165) is 0 Å². The quantitative estimate of drug-likeness (QED) is 0.556. The fourth-order valence-electron chi connectivity index (χ4n) is 1.76. The minimum Gasteiger partial charge on any atom is -0.443 e. The highest BCUT2D eigenvalue weighted by Crippen LogP contribution is 2.29. The smallest absolute Gasteiger partial charge is 0.424 e. The van der Waals surface area contributed by atoms with Crippen molar-refractivity contribution in [3.8, 4) is 0 Å². The van der Waals surface area contributed by atoms with E-state index in [4.69, 9.17) is 9.47 Å². The molecule has 1 aromatic rings.